The first-order valence-corrected chi connectivity index (χ1v) is 6.35. The second-order valence-corrected chi connectivity index (χ2v) is 4.50. The van der Waals surface area contributed by atoms with Crippen LogP contribution in [-0.4, -0.2) is 48.6 Å². The molecule has 0 heterocycles. The Labute approximate surface area is 116 Å². The first-order valence-electron chi connectivity index (χ1n) is 5.44. The molecule has 0 aliphatic rings. The highest BCUT2D eigenvalue weighted by Crippen LogP contribution is 2.22. The molecule has 18 heavy (non-hydrogen) atoms. The van der Waals surface area contributed by atoms with Crippen LogP contribution in [-0.2, 0) is 4.74 Å². The van der Waals surface area contributed by atoms with Crippen molar-refractivity contribution in [3.05, 3.63) is 28.8 Å². The highest BCUT2D eigenvalue weighted by atomic mass is 35.5. The fourth-order valence-corrected chi connectivity index (χ4v) is 1.63. The summed E-state index contributed by atoms with van der Waals surface area (Å²) in [5.41, 5.74) is 0.222. The number of aromatic hydroxyl groups is 1. The summed E-state index contributed by atoms with van der Waals surface area (Å²) in [5.74, 6) is 0.0231. The van der Waals surface area contributed by atoms with E-state index in [2.05, 4.69) is 0 Å². The topological polar surface area (TPSA) is 49.8 Å². The highest BCUT2D eigenvalue weighted by molar-refractivity contribution is 6.30. The zero-order chi connectivity index (χ0) is 13.5. The van der Waals surface area contributed by atoms with Gasteiger partial charge in [0.05, 0.1) is 18.8 Å². The van der Waals surface area contributed by atoms with E-state index in [1.807, 2.05) is 0 Å². The Morgan fingerprint density at radius 2 is 2.17 bits per heavy atom. The molecule has 0 spiro atoms. The molecule has 1 N–H and O–H groups in total. The maximum Gasteiger partial charge on any atom is 0.257 e. The molecular formula is C12H15Cl2NO3. The van der Waals surface area contributed by atoms with Gasteiger partial charge in [-0.3, -0.25) is 4.79 Å². The van der Waals surface area contributed by atoms with Gasteiger partial charge in [-0.25, -0.2) is 0 Å². The van der Waals surface area contributed by atoms with E-state index in [0.29, 0.717) is 30.7 Å². The number of phenols is 1. The number of nitrogens with zero attached hydrogens (tertiary/aromatic N) is 1. The highest BCUT2D eigenvalue weighted by Gasteiger charge is 2.15. The number of benzene rings is 1. The van der Waals surface area contributed by atoms with Crippen molar-refractivity contribution in [3.8, 4) is 5.75 Å². The lowest BCUT2D eigenvalue weighted by Gasteiger charge is -2.17. The summed E-state index contributed by atoms with van der Waals surface area (Å²) in [4.78, 5) is 13.5. The number of ether oxygens (including phenoxy) is 1. The van der Waals surface area contributed by atoms with Gasteiger partial charge in [0, 0.05) is 24.5 Å². The Hall–Kier alpha value is -0.970. The van der Waals surface area contributed by atoms with Gasteiger partial charge in [0.2, 0.25) is 0 Å². The quantitative estimate of drug-likeness (QED) is 0.647. The molecule has 0 saturated heterocycles. The van der Waals surface area contributed by atoms with E-state index < -0.39 is 0 Å². The number of hydrogen-bond donors (Lipinski definition) is 1. The van der Waals surface area contributed by atoms with Crippen molar-refractivity contribution in [1.82, 2.24) is 4.90 Å². The van der Waals surface area contributed by atoms with E-state index in [1.54, 1.807) is 13.1 Å². The van der Waals surface area contributed by atoms with Crippen LogP contribution in [0.3, 0.4) is 0 Å². The minimum atomic E-state index is -0.279. The van der Waals surface area contributed by atoms with Gasteiger partial charge in [-0.15, -0.1) is 11.6 Å². The number of alkyl halides is 1. The molecule has 0 radical (unpaired) electrons. The minimum absolute atomic E-state index is 0.124. The zero-order valence-corrected chi connectivity index (χ0v) is 11.5. The summed E-state index contributed by atoms with van der Waals surface area (Å²) >= 11 is 11.2. The summed E-state index contributed by atoms with van der Waals surface area (Å²) in [5, 5.41) is 10.0. The van der Waals surface area contributed by atoms with Crippen LogP contribution >= 0.6 is 23.2 Å². The van der Waals surface area contributed by atoms with Gasteiger partial charge in [-0.05, 0) is 18.2 Å². The van der Waals surface area contributed by atoms with Crippen LogP contribution in [0.4, 0.5) is 0 Å². The lowest BCUT2D eigenvalue weighted by molar-refractivity contribution is 0.0709. The van der Waals surface area contributed by atoms with Gasteiger partial charge in [0.25, 0.3) is 5.91 Å². The molecule has 0 atom stereocenters. The Morgan fingerprint density at radius 3 is 2.78 bits per heavy atom. The SMILES string of the molecule is CN(CCOCCCl)C(=O)c1ccc(Cl)cc1O. The van der Waals surface area contributed by atoms with Crippen molar-refractivity contribution in [2.24, 2.45) is 0 Å². The average Bonchev–Trinajstić information content (AvgIpc) is 2.33. The van der Waals surface area contributed by atoms with Crippen molar-refractivity contribution in [2.75, 3.05) is 32.7 Å². The van der Waals surface area contributed by atoms with Gasteiger partial charge in [0.15, 0.2) is 0 Å². The summed E-state index contributed by atoms with van der Waals surface area (Å²) in [6.45, 7) is 1.29. The average molecular weight is 292 g/mol. The fraction of sp³-hybridized carbons (Fsp3) is 0.417. The molecule has 0 bridgehead atoms. The third-order valence-corrected chi connectivity index (χ3v) is 2.72. The maximum absolute atomic E-state index is 12.0. The number of carbonyl (C=O) groups excluding carboxylic acids is 1. The number of halogens is 2. The van der Waals surface area contributed by atoms with Crippen LogP contribution in [0.1, 0.15) is 10.4 Å². The lowest BCUT2D eigenvalue weighted by atomic mass is 10.2. The lowest BCUT2D eigenvalue weighted by Crippen LogP contribution is -2.30. The molecule has 4 nitrogen and oxygen atoms in total. The zero-order valence-electron chi connectivity index (χ0n) is 10.0. The van der Waals surface area contributed by atoms with Gasteiger partial charge < -0.3 is 14.7 Å². The molecule has 1 amide bonds. The summed E-state index contributed by atoms with van der Waals surface area (Å²) < 4.78 is 5.18. The molecule has 0 aliphatic heterocycles. The molecule has 1 aromatic carbocycles. The van der Waals surface area contributed by atoms with E-state index >= 15 is 0 Å². The first kappa shape index (κ1) is 15.1. The Morgan fingerprint density at radius 1 is 1.44 bits per heavy atom. The standard InChI is InChI=1S/C12H15Cl2NO3/c1-15(5-7-18-6-4-13)12(17)10-3-2-9(14)8-11(10)16/h2-3,8,16H,4-7H2,1H3. The molecule has 100 valence electrons. The number of amides is 1. The third kappa shape index (κ3) is 4.37. The number of hydrogen-bond acceptors (Lipinski definition) is 3. The first-order chi connectivity index (χ1) is 8.56. The third-order valence-electron chi connectivity index (χ3n) is 2.33. The van der Waals surface area contributed by atoms with Gasteiger partial charge in [-0.1, -0.05) is 11.6 Å². The molecule has 1 rings (SSSR count). The fourth-order valence-electron chi connectivity index (χ4n) is 1.35. The maximum atomic E-state index is 12.0. The summed E-state index contributed by atoms with van der Waals surface area (Å²) in [6, 6.07) is 4.40. The van der Waals surface area contributed by atoms with Gasteiger partial charge in [-0.2, -0.15) is 0 Å². The van der Waals surface area contributed by atoms with E-state index in [1.165, 1.54) is 17.0 Å². The van der Waals surface area contributed by atoms with Crippen LogP contribution in [0.25, 0.3) is 0 Å². The minimum Gasteiger partial charge on any atom is -0.507 e. The van der Waals surface area contributed by atoms with E-state index in [4.69, 9.17) is 27.9 Å². The molecule has 0 aromatic heterocycles. The van der Waals surface area contributed by atoms with Crippen molar-refractivity contribution in [1.29, 1.82) is 0 Å². The Balaban J connectivity index is 2.57. The van der Waals surface area contributed by atoms with E-state index in [-0.39, 0.29) is 17.2 Å². The van der Waals surface area contributed by atoms with E-state index in [0.717, 1.165) is 0 Å². The molecule has 0 saturated carbocycles. The van der Waals surface area contributed by atoms with Gasteiger partial charge >= 0.3 is 0 Å². The van der Waals surface area contributed by atoms with Crippen LogP contribution in [0, 0.1) is 0 Å². The number of carbonyl (C=O) groups is 1. The van der Waals surface area contributed by atoms with Crippen LogP contribution < -0.4 is 0 Å². The van der Waals surface area contributed by atoms with Crippen molar-refractivity contribution in [2.45, 2.75) is 0 Å². The van der Waals surface area contributed by atoms with Gasteiger partial charge in [0.1, 0.15) is 5.75 Å². The number of phenolic OH excluding ortho intramolecular Hbond substituents is 1. The number of rotatable bonds is 6. The van der Waals surface area contributed by atoms with Crippen molar-refractivity contribution >= 4 is 29.1 Å². The smallest absolute Gasteiger partial charge is 0.257 e. The largest absolute Gasteiger partial charge is 0.507 e. The number of likely N-dealkylation sites (N-methyl/N-ethyl adjacent to an activating group) is 1. The summed E-state index contributed by atoms with van der Waals surface area (Å²) in [7, 11) is 1.64. The molecule has 0 fully saturated rings. The predicted octanol–water partition coefficient (Wildman–Crippen LogP) is 2.37. The Kier molecular flexibility index (Phi) is 6.25. The Bertz CT molecular complexity index is 412. The van der Waals surface area contributed by atoms with Crippen LogP contribution in [0.5, 0.6) is 5.75 Å². The molecule has 0 aliphatic carbocycles. The predicted molar refractivity (Wildman–Crippen MR) is 71.6 cm³/mol. The summed E-state index contributed by atoms with van der Waals surface area (Å²) in [6.07, 6.45) is 0. The monoisotopic (exact) mass is 291 g/mol. The van der Waals surface area contributed by atoms with Crippen molar-refractivity contribution in [3.63, 3.8) is 0 Å². The molecule has 1 aromatic rings. The van der Waals surface area contributed by atoms with Crippen LogP contribution in [0.15, 0.2) is 18.2 Å². The van der Waals surface area contributed by atoms with E-state index in [9.17, 15) is 9.90 Å². The second kappa shape index (κ2) is 7.46. The molecule has 6 heteroatoms. The van der Waals surface area contributed by atoms with Crippen molar-refractivity contribution < 1.29 is 14.6 Å². The molecular weight excluding hydrogens is 277 g/mol. The molecule has 0 unspecified atom stereocenters. The van der Waals surface area contributed by atoms with Crippen LogP contribution in [0.2, 0.25) is 5.02 Å². The normalized spacial score (nSPS) is 10.4. The second-order valence-electron chi connectivity index (χ2n) is 3.69.